The van der Waals surface area contributed by atoms with E-state index in [0.29, 0.717) is 47.9 Å². The second kappa shape index (κ2) is 10.3. The summed E-state index contributed by atoms with van der Waals surface area (Å²) in [7, 11) is -3.74. The van der Waals surface area contributed by atoms with Crippen LogP contribution in [0.15, 0.2) is 76.1 Å². The molecule has 9 heteroatoms. The van der Waals surface area contributed by atoms with Crippen molar-refractivity contribution in [3.05, 3.63) is 92.9 Å². The third-order valence-electron chi connectivity index (χ3n) is 6.97. The van der Waals surface area contributed by atoms with Crippen LogP contribution in [0.25, 0.3) is 0 Å². The van der Waals surface area contributed by atoms with Gasteiger partial charge in [-0.05, 0) is 63.3 Å². The highest BCUT2D eigenvalue weighted by molar-refractivity contribution is 9.10. The number of piperazine rings is 1. The molecule has 1 fully saturated rings. The summed E-state index contributed by atoms with van der Waals surface area (Å²) in [6, 6.07) is 21.6. The Morgan fingerprint density at radius 3 is 2.19 bits per heavy atom. The Balaban J connectivity index is 1.39. The molecule has 0 radical (unpaired) electrons. The van der Waals surface area contributed by atoms with Gasteiger partial charge in [0, 0.05) is 54.8 Å². The first-order valence-corrected chi connectivity index (χ1v) is 14.5. The largest absolute Gasteiger partial charge is 0.312 e. The quantitative estimate of drug-likeness (QED) is 0.416. The van der Waals surface area contributed by atoms with Gasteiger partial charge in [-0.25, -0.2) is 8.42 Å². The standard InChI is InChI=1S/C27H27BrClN3O3S/c1-19(33)32-12-11-22-17-24(28)26(18-25(22)32)36(34,35)31-15-13-30(14-16-31)27(20-5-3-2-4-6-20)21-7-9-23(29)10-8-21/h2-10,17-18,27H,11-16H2,1H3. The molecule has 6 nitrogen and oxygen atoms in total. The topological polar surface area (TPSA) is 60.9 Å². The molecule has 2 heterocycles. The lowest BCUT2D eigenvalue weighted by atomic mass is 9.96. The molecule has 1 saturated heterocycles. The van der Waals surface area contributed by atoms with E-state index in [1.807, 2.05) is 48.5 Å². The molecule has 1 atom stereocenters. The Hall–Kier alpha value is -2.23. The van der Waals surface area contributed by atoms with Gasteiger partial charge in [0.1, 0.15) is 0 Å². The van der Waals surface area contributed by atoms with Crippen molar-refractivity contribution in [2.75, 3.05) is 37.6 Å². The zero-order chi connectivity index (χ0) is 25.4. The minimum Gasteiger partial charge on any atom is -0.312 e. The van der Waals surface area contributed by atoms with Gasteiger partial charge in [0.15, 0.2) is 0 Å². The molecule has 0 saturated carbocycles. The molecule has 0 bridgehead atoms. The molecular weight excluding hydrogens is 562 g/mol. The molecule has 5 rings (SSSR count). The van der Waals surface area contributed by atoms with E-state index in [9.17, 15) is 13.2 Å². The zero-order valence-electron chi connectivity index (χ0n) is 19.9. The Bertz CT molecular complexity index is 1380. The molecule has 3 aromatic rings. The number of sulfonamides is 1. The number of carbonyl (C=O) groups excluding carboxylic acids is 1. The van der Waals surface area contributed by atoms with Crippen LogP contribution in [0.2, 0.25) is 5.02 Å². The molecule has 0 spiro atoms. The molecule has 1 unspecified atom stereocenters. The molecule has 188 valence electrons. The van der Waals surface area contributed by atoms with Crippen LogP contribution in [0.5, 0.6) is 0 Å². The number of hydrogen-bond donors (Lipinski definition) is 0. The van der Waals surface area contributed by atoms with Gasteiger partial charge in [0.2, 0.25) is 15.9 Å². The van der Waals surface area contributed by atoms with Gasteiger partial charge in [0.05, 0.1) is 10.9 Å². The van der Waals surface area contributed by atoms with Crippen LogP contribution in [0, 0.1) is 0 Å². The number of halogens is 2. The van der Waals surface area contributed by atoms with Crippen molar-refractivity contribution in [3.63, 3.8) is 0 Å². The minimum absolute atomic E-state index is 0.00387. The van der Waals surface area contributed by atoms with Crippen molar-refractivity contribution in [2.45, 2.75) is 24.3 Å². The SMILES string of the molecule is CC(=O)N1CCc2cc(Br)c(S(=O)(=O)N3CCN(C(c4ccccc4)c4ccc(Cl)cc4)CC3)cc21. The lowest BCUT2D eigenvalue weighted by Crippen LogP contribution is -2.49. The fourth-order valence-electron chi connectivity index (χ4n) is 5.15. The van der Waals surface area contributed by atoms with Crippen LogP contribution >= 0.6 is 27.5 Å². The van der Waals surface area contributed by atoms with E-state index >= 15 is 0 Å². The Kier molecular flexibility index (Phi) is 7.25. The van der Waals surface area contributed by atoms with Crippen molar-refractivity contribution < 1.29 is 13.2 Å². The van der Waals surface area contributed by atoms with E-state index in [4.69, 9.17) is 11.6 Å². The van der Waals surface area contributed by atoms with Gasteiger partial charge < -0.3 is 4.90 Å². The number of amides is 1. The van der Waals surface area contributed by atoms with Gasteiger partial charge in [-0.3, -0.25) is 9.69 Å². The van der Waals surface area contributed by atoms with E-state index in [1.54, 1.807) is 15.3 Å². The normalized spacial score (nSPS) is 17.7. The fraction of sp³-hybridized carbons (Fsp3) is 0.296. The Labute approximate surface area is 225 Å². The number of carbonyl (C=O) groups is 1. The van der Waals surface area contributed by atoms with Crippen LogP contribution in [-0.2, 0) is 21.2 Å². The predicted molar refractivity (Wildman–Crippen MR) is 146 cm³/mol. The molecule has 3 aromatic carbocycles. The predicted octanol–water partition coefficient (Wildman–Crippen LogP) is 5.11. The third kappa shape index (κ3) is 4.85. The molecular formula is C27H27BrClN3O3S. The Morgan fingerprint density at radius 2 is 1.56 bits per heavy atom. The summed E-state index contributed by atoms with van der Waals surface area (Å²) >= 11 is 9.62. The zero-order valence-corrected chi connectivity index (χ0v) is 23.1. The summed E-state index contributed by atoms with van der Waals surface area (Å²) < 4.78 is 29.5. The lowest BCUT2D eigenvalue weighted by Gasteiger charge is -2.39. The monoisotopic (exact) mass is 587 g/mol. The van der Waals surface area contributed by atoms with Gasteiger partial charge in [-0.1, -0.05) is 54.1 Å². The molecule has 0 aromatic heterocycles. The minimum atomic E-state index is -3.74. The summed E-state index contributed by atoms with van der Waals surface area (Å²) in [4.78, 5) is 16.2. The fourth-order valence-corrected chi connectivity index (χ4v) is 7.77. The molecule has 0 N–H and O–H groups in total. The molecule has 1 amide bonds. The van der Waals surface area contributed by atoms with Crippen molar-refractivity contribution >= 4 is 49.1 Å². The Morgan fingerprint density at radius 1 is 0.917 bits per heavy atom. The second-order valence-electron chi connectivity index (χ2n) is 9.14. The van der Waals surface area contributed by atoms with E-state index in [-0.39, 0.29) is 16.8 Å². The number of rotatable bonds is 5. The maximum Gasteiger partial charge on any atom is 0.244 e. The average molecular weight is 589 g/mol. The van der Waals surface area contributed by atoms with Crippen LogP contribution in [0.4, 0.5) is 5.69 Å². The van der Waals surface area contributed by atoms with Gasteiger partial charge >= 0.3 is 0 Å². The highest BCUT2D eigenvalue weighted by Gasteiger charge is 2.35. The number of benzene rings is 3. The molecule has 2 aliphatic rings. The first-order valence-electron chi connectivity index (χ1n) is 11.9. The summed E-state index contributed by atoms with van der Waals surface area (Å²) in [6.07, 6.45) is 0.720. The first-order chi connectivity index (χ1) is 17.3. The van der Waals surface area contributed by atoms with Crippen molar-refractivity contribution in [1.29, 1.82) is 0 Å². The summed E-state index contributed by atoms with van der Waals surface area (Å²) in [6.45, 7) is 4.00. The van der Waals surface area contributed by atoms with Crippen molar-refractivity contribution in [3.8, 4) is 0 Å². The summed E-state index contributed by atoms with van der Waals surface area (Å²) in [5, 5.41) is 0.685. The van der Waals surface area contributed by atoms with Crippen LogP contribution in [0.3, 0.4) is 0 Å². The highest BCUT2D eigenvalue weighted by Crippen LogP contribution is 2.37. The molecule has 0 aliphatic carbocycles. The van der Waals surface area contributed by atoms with E-state index in [2.05, 4.69) is 33.0 Å². The highest BCUT2D eigenvalue weighted by atomic mass is 79.9. The van der Waals surface area contributed by atoms with Crippen molar-refractivity contribution in [2.24, 2.45) is 0 Å². The smallest absolute Gasteiger partial charge is 0.244 e. The first kappa shape index (κ1) is 25.4. The molecule has 2 aliphatic heterocycles. The maximum absolute atomic E-state index is 13.7. The third-order valence-corrected chi connectivity index (χ3v) is 10.1. The van der Waals surface area contributed by atoms with E-state index in [0.717, 1.165) is 23.1 Å². The number of nitrogens with zero attached hydrogens (tertiary/aromatic N) is 3. The van der Waals surface area contributed by atoms with Gasteiger partial charge in [-0.2, -0.15) is 4.31 Å². The molecule has 36 heavy (non-hydrogen) atoms. The van der Waals surface area contributed by atoms with Crippen molar-refractivity contribution in [1.82, 2.24) is 9.21 Å². The van der Waals surface area contributed by atoms with Gasteiger partial charge in [0.25, 0.3) is 0 Å². The van der Waals surface area contributed by atoms with Gasteiger partial charge in [-0.15, -0.1) is 0 Å². The summed E-state index contributed by atoms with van der Waals surface area (Å²) in [5.41, 5.74) is 3.94. The van der Waals surface area contributed by atoms with Crippen LogP contribution < -0.4 is 4.90 Å². The van der Waals surface area contributed by atoms with Crippen LogP contribution in [-0.4, -0.2) is 56.3 Å². The number of anilines is 1. The van der Waals surface area contributed by atoms with E-state index in [1.165, 1.54) is 6.92 Å². The lowest BCUT2D eigenvalue weighted by molar-refractivity contribution is -0.116. The van der Waals surface area contributed by atoms with Crippen LogP contribution in [0.1, 0.15) is 29.7 Å². The average Bonchev–Trinajstić information content (AvgIpc) is 3.29. The van der Waals surface area contributed by atoms with E-state index < -0.39 is 10.0 Å². The maximum atomic E-state index is 13.7. The summed E-state index contributed by atoms with van der Waals surface area (Å²) in [5.74, 6) is -0.0813. The number of fused-ring (bicyclic) bond motifs is 1. The number of hydrogen-bond acceptors (Lipinski definition) is 4. The second-order valence-corrected chi connectivity index (χ2v) is 12.3.